The van der Waals surface area contributed by atoms with Crippen molar-refractivity contribution in [1.82, 2.24) is 0 Å². The Morgan fingerprint density at radius 1 is 0.727 bits per heavy atom. The van der Waals surface area contributed by atoms with Crippen molar-refractivity contribution >= 4 is 43.7 Å². The van der Waals surface area contributed by atoms with Gasteiger partial charge in [-0.15, -0.1) is 24.0 Å². The average Bonchev–Trinajstić information content (AvgIpc) is 1.90. The van der Waals surface area contributed by atoms with Crippen LogP contribution >= 0.6 is 24.0 Å². The molecule has 0 aliphatic rings. The summed E-state index contributed by atoms with van der Waals surface area (Å²) in [6, 6.07) is 0. The molecule has 0 amide bonds. The molecule has 0 N–H and O–H groups in total. The van der Waals surface area contributed by atoms with Crippen LogP contribution < -0.4 is 0 Å². The topological polar surface area (TPSA) is 0 Å². The molecule has 0 aromatic heterocycles. The van der Waals surface area contributed by atoms with Gasteiger partial charge < -0.3 is 0 Å². The van der Waals surface area contributed by atoms with Gasteiger partial charge in [-0.25, -0.2) is 0 Å². The molecule has 0 aromatic carbocycles. The second-order valence-corrected chi connectivity index (χ2v) is 11.6. The molecule has 0 aromatic rings. The Morgan fingerprint density at radius 2 is 1.00 bits per heavy atom. The maximum Gasteiger partial charge on any atom is -0.107 e. The molecular weight excluding hydrogens is 354 g/mol. The molecule has 0 saturated carbocycles. The summed E-state index contributed by atoms with van der Waals surface area (Å²) in [5.74, 6) is 0. The fourth-order valence-electron chi connectivity index (χ4n) is 1.44. The Labute approximate surface area is 96.3 Å². The summed E-state index contributed by atoms with van der Waals surface area (Å²) >= 11 is -0.759. The van der Waals surface area contributed by atoms with E-state index in [0.29, 0.717) is 0 Å². The van der Waals surface area contributed by atoms with E-state index in [0.717, 1.165) is 0 Å². The van der Waals surface area contributed by atoms with Gasteiger partial charge in [-0.2, -0.15) is 0 Å². The van der Waals surface area contributed by atoms with Crippen LogP contribution in [-0.2, 0) is 0 Å². The Balaban J connectivity index is 0. The van der Waals surface area contributed by atoms with E-state index >= 15 is 0 Å². The summed E-state index contributed by atoms with van der Waals surface area (Å²) in [7, 11) is 0. The summed E-state index contributed by atoms with van der Waals surface area (Å²) in [5, 5.41) is 0. The molecule has 0 nitrogen and oxygen atoms in total. The van der Waals surface area contributed by atoms with Crippen molar-refractivity contribution in [1.29, 1.82) is 0 Å². The summed E-state index contributed by atoms with van der Waals surface area (Å²) in [6.07, 6.45) is 4.36. The largest absolute Gasteiger partial charge is 0.107 e. The van der Waals surface area contributed by atoms with Gasteiger partial charge in [-0.1, -0.05) is 0 Å². The molecule has 11 heavy (non-hydrogen) atoms. The van der Waals surface area contributed by atoms with E-state index < -0.39 is 19.8 Å². The normalized spacial score (nSPS) is 9.82. The molecule has 0 unspecified atom stereocenters. The van der Waals surface area contributed by atoms with Gasteiger partial charge in [-0.3, -0.25) is 0 Å². The molecule has 69 valence electrons. The van der Waals surface area contributed by atoms with E-state index in [1.165, 1.54) is 19.3 Å². The van der Waals surface area contributed by atoms with Crippen LogP contribution in [0.25, 0.3) is 0 Å². The third-order valence-corrected chi connectivity index (χ3v) is 12.1. The zero-order valence-corrected chi connectivity index (χ0v) is 13.3. The van der Waals surface area contributed by atoms with Crippen molar-refractivity contribution < 1.29 is 0 Å². The summed E-state index contributed by atoms with van der Waals surface area (Å²) in [4.78, 5) is 0. The van der Waals surface area contributed by atoms with E-state index in [2.05, 4.69) is 20.8 Å². The SMILES string of the molecule is CC[CH2][Sn]([CH2]CC)[CH2]CC.I. The average molecular weight is 376 g/mol. The summed E-state index contributed by atoms with van der Waals surface area (Å²) in [5.41, 5.74) is 0. The van der Waals surface area contributed by atoms with Gasteiger partial charge in [0.1, 0.15) is 0 Å². The van der Waals surface area contributed by atoms with Crippen LogP contribution in [0.5, 0.6) is 0 Å². The first-order chi connectivity index (χ1) is 4.85. The first-order valence-electron chi connectivity index (χ1n) is 4.68. The number of hydrogen-bond acceptors (Lipinski definition) is 0. The third kappa shape index (κ3) is 9.44. The first-order valence-corrected chi connectivity index (χ1v) is 10.7. The number of halogens is 1. The number of rotatable bonds is 6. The van der Waals surface area contributed by atoms with E-state index in [1.807, 2.05) is 0 Å². The maximum atomic E-state index is 2.34. The molecule has 2 heteroatoms. The van der Waals surface area contributed by atoms with Crippen molar-refractivity contribution in [3.8, 4) is 0 Å². The van der Waals surface area contributed by atoms with E-state index in [-0.39, 0.29) is 24.0 Å². The van der Waals surface area contributed by atoms with Gasteiger partial charge in [0.15, 0.2) is 0 Å². The summed E-state index contributed by atoms with van der Waals surface area (Å²) < 4.78 is 4.93. The van der Waals surface area contributed by atoms with Crippen LogP contribution in [0.1, 0.15) is 40.0 Å². The van der Waals surface area contributed by atoms with Crippen LogP contribution in [0.4, 0.5) is 0 Å². The second kappa shape index (κ2) is 11.5. The van der Waals surface area contributed by atoms with Crippen LogP contribution in [0.15, 0.2) is 0 Å². The van der Waals surface area contributed by atoms with Gasteiger partial charge in [0, 0.05) is 0 Å². The van der Waals surface area contributed by atoms with Crippen molar-refractivity contribution in [2.45, 2.75) is 53.3 Å². The predicted octanol–water partition coefficient (Wildman–Crippen LogP) is 4.33. The van der Waals surface area contributed by atoms with Gasteiger partial charge >= 0.3 is 73.1 Å². The Bertz CT molecular complexity index is 52.3. The quantitative estimate of drug-likeness (QED) is 0.479. The minimum Gasteiger partial charge on any atom is -0.107 e. The molecule has 0 spiro atoms. The Hall–Kier alpha value is 1.53. The standard InChI is InChI=1S/3C3H7.HI.Sn/c3*1-3-2;;/h3*1,3H2,2H3;1H;. The van der Waals surface area contributed by atoms with E-state index in [1.54, 1.807) is 13.3 Å². The zero-order valence-electron chi connectivity index (χ0n) is 8.15. The van der Waals surface area contributed by atoms with Gasteiger partial charge in [-0.05, 0) is 0 Å². The molecule has 0 fully saturated rings. The molecule has 0 atom stereocenters. The third-order valence-electron chi connectivity index (χ3n) is 1.81. The molecule has 0 aliphatic heterocycles. The molecule has 0 aliphatic carbocycles. The smallest absolute Gasteiger partial charge is 0.107 e. The van der Waals surface area contributed by atoms with Crippen molar-refractivity contribution in [2.24, 2.45) is 0 Å². The van der Waals surface area contributed by atoms with E-state index in [4.69, 9.17) is 0 Å². The van der Waals surface area contributed by atoms with Crippen molar-refractivity contribution in [3.63, 3.8) is 0 Å². The maximum absolute atomic E-state index is 2.34. The Kier molecular flexibility index (Phi) is 15.7. The fraction of sp³-hybridized carbons (Fsp3) is 1.00. The molecule has 0 rings (SSSR count). The predicted molar refractivity (Wildman–Crippen MR) is 66.5 cm³/mol. The Morgan fingerprint density at radius 3 is 1.18 bits per heavy atom. The minimum absolute atomic E-state index is 0. The molecule has 1 radical (unpaired) electrons. The minimum atomic E-state index is -0.759. The number of hydrogen-bond donors (Lipinski definition) is 0. The van der Waals surface area contributed by atoms with Crippen molar-refractivity contribution in [3.05, 3.63) is 0 Å². The van der Waals surface area contributed by atoms with Crippen LogP contribution in [0.3, 0.4) is 0 Å². The van der Waals surface area contributed by atoms with Gasteiger partial charge in [0.2, 0.25) is 0 Å². The van der Waals surface area contributed by atoms with Gasteiger partial charge in [0.05, 0.1) is 0 Å². The van der Waals surface area contributed by atoms with Crippen molar-refractivity contribution in [2.75, 3.05) is 0 Å². The molecular formula is C9H22ISn. The fourth-order valence-corrected chi connectivity index (χ4v) is 9.63. The zero-order chi connectivity index (χ0) is 7.82. The first kappa shape index (κ1) is 15.0. The summed E-state index contributed by atoms with van der Waals surface area (Å²) in [6.45, 7) is 7.02. The van der Waals surface area contributed by atoms with Crippen LogP contribution in [0, 0.1) is 0 Å². The van der Waals surface area contributed by atoms with Crippen LogP contribution in [-0.4, -0.2) is 19.8 Å². The van der Waals surface area contributed by atoms with Crippen LogP contribution in [0.2, 0.25) is 13.3 Å². The molecule has 0 saturated heterocycles. The monoisotopic (exact) mass is 377 g/mol. The molecule has 0 heterocycles. The second-order valence-electron chi connectivity index (χ2n) is 3.00. The van der Waals surface area contributed by atoms with Gasteiger partial charge in [0.25, 0.3) is 0 Å². The van der Waals surface area contributed by atoms with E-state index in [9.17, 15) is 0 Å². The molecule has 0 bridgehead atoms.